The third-order valence-corrected chi connectivity index (χ3v) is 12.1. The molecule has 7 rings (SSSR count). The molecule has 0 saturated carbocycles. The lowest BCUT2D eigenvalue weighted by molar-refractivity contribution is -0.352. The molecule has 3 aromatic rings. The van der Waals surface area contributed by atoms with E-state index in [-0.39, 0.29) is 25.4 Å². The maximum atomic E-state index is 13.1. The first kappa shape index (κ1) is 44.3. The highest BCUT2D eigenvalue weighted by atomic mass is 16.8. The van der Waals surface area contributed by atoms with Crippen molar-refractivity contribution in [2.24, 2.45) is 0 Å². The first-order valence-corrected chi connectivity index (χ1v) is 21.3. The second-order valence-corrected chi connectivity index (χ2v) is 19.6. The minimum atomic E-state index is -0.834. The van der Waals surface area contributed by atoms with Crippen molar-refractivity contribution < 1.29 is 47.7 Å². The zero-order valence-corrected chi connectivity index (χ0v) is 37.0. The van der Waals surface area contributed by atoms with Crippen LogP contribution in [0.1, 0.15) is 139 Å². The Morgan fingerprint density at radius 2 is 0.867 bits per heavy atom. The van der Waals surface area contributed by atoms with Crippen LogP contribution in [0, 0.1) is 0 Å². The van der Waals surface area contributed by atoms with Crippen LogP contribution < -0.4 is 0 Å². The van der Waals surface area contributed by atoms with Crippen molar-refractivity contribution in [3.05, 3.63) is 107 Å². The van der Waals surface area contributed by atoms with Gasteiger partial charge in [-0.3, -0.25) is 9.68 Å². The van der Waals surface area contributed by atoms with Crippen LogP contribution in [-0.2, 0) is 38.1 Å². The number of rotatable bonds is 12. The summed E-state index contributed by atoms with van der Waals surface area (Å²) in [4.78, 5) is 39.4. The fourth-order valence-electron chi connectivity index (χ4n) is 10.2. The number of piperidine rings is 2. The molecule has 4 fully saturated rings. The molecule has 3 aromatic carbocycles. The Balaban J connectivity index is 0.865. The molecular formula is C48H64N2O10. The largest absolute Gasteiger partial charge is 0.459 e. The fourth-order valence-corrected chi connectivity index (χ4v) is 10.2. The van der Waals surface area contributed by atoms with Crippen LogP contribution in [0.3, 0.4) is 0 Å². The van der Waals surface area contributed by atoms with Crippen molar-refractivity contribution in [3.63, 3.8) is 0 Å². The lowest BCUT2D eigenvalue weighted by Gasteiger charge is -2.56. The molecule has 4 heterocycles. The van der Waals surface area contributed by atoms with Gasteiger partial charge in [0.05, 0.1) is 24.3 Å². The van der Waals surface area contributed by atoms with Gasteiger partial charge in [0, 0.05) is 47.8 Å². The maximum absolute atomic E-state index is 13.1. The Labute approximate surface area is 355 Å². The summed E-state index contributed by atoms with van der Waals surface area (Å²) >= 11 is 0. The van der Waals surface area contributed by atoms with E-state index in [9.17, 15) is 9.59 Å². The molecule has 0 bridgehead atoms. The van der Waals surface area contributed by atoms with Crippen LogP contribution in [-0.4, -0.2) is 94.4 Å². The minimum absolute atomic E-state index is 0.0354. The molecule has 60 heavy (non-hydrogen) atoms. The van der Waals surface area contributed by atoms with Gasteiger partial charge >= 0.3 is 11.9 Å². The van der Waals surface area contributed by atoms with E-state index in [0.717, 1.165) is 11.1 Å². The smallest absolute Gasteiger partial charge is 0.338 e. The standard InChI is InChI=1S/C48H64N2O10/c1-33(35-17-13-11-14-18-35)59-49-43(3,4)29-47(30-44(49,5)6)55-27-39(57-47)25-53-41(51)37-21-23-38(24-22-37)42(52)54-26-40-28-56-48(58-40)31-45(7,8)50(46(9,10)32-48)60-34(2)36-19-15-12-16-20-36/h11-24,33-34,39-40H,25-32H2,1-10H3. The van der Waals surface area contributed by atoms with E-state index in [1.165, 1.54) is 0 Å². The Morgan fingerprint density at radius 1 is 0.550 bits per heavy atom. The summed E-state index contributed by atoms with van der Waals surface area (Å²) in [5, 5.41) is 4.18. The molecular weight excluding hydrogens is 765 g/mol. The molecule has 12 heteroatoms. The highest BCUT2D eigenvalue weighted by Gasteiger charge is 2.59. The molecule has 4 aliphatic rings. The van der Waals surface area contributed by atoms with E-state index in [2.05, 4.69) is 104 Å². The maximum Gasteiger partial charge on any atom is 0.338 e. The van der Waals surface area contributed by atoms with Crippen molar-refractivity contribution in [1.82, 2.24) is 10.1 Å². The topological polar surface area (TPSA) is 114 Å². The van der Waals surface area contributed by atoms with Gasteiger partial charge in [-0.15, -0.1) is 0 Å². The van der Waals surface area contributed by atoms with Crippen LogP contribution >= 0.6 is 0 Å². The third-order valence-electron chi connectivity index (χ3n) is 12.1. The molecule has 12 nitrogen and oxygen atoms in total. The van der Waals surface area contributed by atoms with Gasteiger partial charge in [-0.2, -0.15) is 10.1 Å². The molecule has 4 unspecified atom stereocenters. The summed E-state index contributed by atoms with van der Waals surface area (Å²) in [6.45, 7) is 21.9. The lowest BCUT2D eigenvalue weighted by Crippen LogP contribution is -2.65. The molecule has 326 valence electrons. The van der Waals surface area contributed by atoms with Crippen LogP contribution in [0.5, 0.6) is 0 Å². The van der Waals surface area contributed by atoms with Crippen LogP contribution in [0.2, 0.25) is 0 Å². The predicted molar refractivity (Wildman–Crippen MR) is 224 cm³/mol. The number of carbonyl (C=O) groups excluding carboxylic acids is 2. The van der Waals surface area contributed by atoms with Crippen molar-refractivity contribution >= 4 is 11.9 Å². The molecule has 2 spiro atoms. The number of ether oxygens (including phenoxy) is 6. The normalized spacial score (nSPS) is 26.1. The Morgan fingerprint density at radius 3 is 1.18 bits per heavy atom. The van der Waals surface area contributed by atoms with Crippen molar-refractivity contribution in [3.8, 4) is 0 Å². The van der Waals surface area contributed by atoms with Gasteiger partial charge in [0.15, 0.2) is 11.6 Å². The van der Waals surface area contributed by atoms with Crippen molar-refractivity contribution in [2.75, 3.05) is 26.4 Å². The number of benzene rings is 3. The van der Waals surface area contributed by atoms with E-state index in [0.29, 0.717) is 50.0 Å². The quantitative estimate of drug-likeness (QED) is 0.163. The van der Waals surface area contributed by atoms with Crippen LogP contribution in [0.15, 0.2) is 84.9 Å². The highest BCUT2D eigenvalue weighted by Crippen LogP contribution is 2.51. The highest BCUT2D eigenvalue weighted by molar-refractivity contribution is 5.93. The van der Waals surface area contributed by atoms with E-state index < -0.39 is 57.9 Å². The summed E-state index contributed by atoms with van der Waals surface area (Å²) in [5.41, 5.74) is 1.19. The molecule has 4 aliphatic heterocycles. The second kappa shape index (κ2) is 16.9. The van der Waals surface area contributed by atoms with Gasteiger partial charge in [0.25, 0.3) is 0 Å². The summed E-state index contributed by atoms with van der Waals surface area (Å²) in [6, 6.07) is 26.6. The van der Waals surface area contributed by atoms with E-state index in [1.807, 2.05) is 36.4 Å². The summed E-state index contributed by atoms with van der Waals surface area (Å²) in [5.74, 6) is -2.70. The average Bonchev–Trinajstić information content (AvgIpc) is 3.77. The summed E-state index contributed by atoms with van der Waals surface area (Å²) in [6.07, 6.45) is 1.20. The number of hydroxylamine groups is 4. The summed E-state index contributed by atoms with van der Waals surface area (Å²) < 4.78 is 37.1. The fraction of sp³-hybridized carbons (Fsp3) is 0.583. The molecule has 0 aliphatic carbocycles. The van der Waals surface area contributed by atoms with Gasteiger partial charge in [-0.05, 0) is 105 Å². The Hall–Kier alpha value is -3.72. The zero-order chi connectivity index (χ0) is 43.1. The van der Waals surface area contributed by atoms with Crippen molar-refractivity contribution in [2.45, 2.75) is 153 Å². The van der Waals surface area contributed by atoms with E-state index in [4.69, 9.17) is 38.1 Å². The van der Waals surface area contributed by atoms with E-state index in [1.54, 1.807) is 24.3 Å². The number of esters is 2. The van der Waals surface area contributed by atoms with Crippen molar-refractivity contribution in [1.29, 1.82) is 0 Å². The SMILES string of the molecule is CC(ON1C(C)(C)CC2(CC1(C)C)OCC(COC(=O)c1ccc(C(=O)OCC3COC4(CC(C)(C)N(OC(C)c5ccccc5)C(C)(C)C4)O3)cc1)O2)c1ccccc1. The minimum Gasteiger partial charge on any atom is -0.459 e. The molecule has 4 atom stereocenters. The van der Waals surface area contributed by atoms with Gasteiger partial charge < -0.3 is 28.4 Å². The number of hydrogen-bond donors (Lipinski definition) is 0. The average molecular weight is 829 g/mol. The van der Waals surface area contributed by atoms with Gasteiger partial charge in [-0.25, -0.2) is 9.59 Å². The van der Waals surface area contributed by atoms with Gasteiger partial charge in [0.2, 0.25) is 0 Å². The van der Waals surface area contributed by atoms with Crippen LogP contribution in [0.25, 0.3) is 0 Å². The Kier molecular flexibility index (Phi) is 12.5. The molecule has 0 N–H and O–H groups in total. The molecule has 0 aromatic heterocycles. The molecule has 0 radical (unpaired) electrons. The second-order valence-electron chi connectivity index (χ2n) is 19.6. The first-order chi connectivity index (χ1) is 28.2. The molecule has 0 amide bonds. The summed E-state index contributed by atoms with van der Waals surface area (Å²) in [7, 11) is 0. The predicted octanol–water partition coefficient (Wildman–Crippen LogP) is 8.92. The number of carbonyl (C=O) groups is 2. The number of nitrogens with zero attached hydrogens (tertiary/aromatic N) is 2. The molecule has 4 saturated heterocycles. The lowest BCUT2D eigenvalue weighted by atomic mass is 9.78. The van der Waals surface area contributed by atoms with Gasteiger partial charge in [-0.1, -0.05) is 60.7 Å². The zero-order valence-electron chi connectivity index (χ0n) is 37.0. The monoisotopic (exact) mass is 828 g/mol. The number of hydrogen-bond acceptors (Lipinski definition) is 12. The Bertz CT molecular complexity index is 1770. The third kappa shape index (κ3) is 9.66. The van der Waals surface area contributed by atoms with E-state index >= 15 is 0 Å². The van der Waals surface area contributed by atoms with Gasteiger partial charge in [0.1, 0.15) is 37.6 Å². The van der Waals surface area contributed by atoms with Crippen LogP contribution in [0.4, 0.5) is 0 Å². The first-order valence-electron chi connectivity index (χ1n) is 21.3.